The number of hydrogen-bond acceptors (Lipinski definition) is 7. The largest absolute Gasteiger partial charge is 0.496 e. The lowest BCUT2D eigenvalue weighted by molar-refractivity contribution is -0.122. The molecule has 1 unspecified atom stereocenters. The first-order valence-corrected chi connectivity index (χ1v) is 14.4. The molecule has 0 spiro atoms. The second-order valence-electron chi connectivity index (χ2n) is 8.70. The number of benzene rings is 2. The van der Waals surface area contributed by atoms with E-state index in [4.69, 9.17) is 27.2 Å². The van der Waals surface area contributed by atoms with Gasteiger partial charge in [-0.3, -0.25) is 9.48 Å². The molecule has 2 heterocycles. The van der Waals surface area contributed by atoms with Gasteiger partial charge in [0, 0.05) is 18.9 Å². The number of carbonyl (C=O) groups excluding carboxylic acids is 1. The third kappa shape index (κ3) is 5.81. The van der Waals surface area contributed by atoms with Crippen molar-refractivity contribution in [2.45, 2.75) is 36.3 Å². The van der Waals surface area contributed by atoms with E-state index in [1.807, 2.05) is 37.3 Å². The maximum absolute atomic E-state index is 13.1. The fourth-order valence-corrected chi connectivity index (χ4v) is 6.93. The van der Waals surface area contributed by atoms with Gasteiger partial charge < -0.3 is 10.5 Å². The monoisotopic (exact) mass is 545 g/mol. The van der Waals surface area contributed by atoms with Gasteiger partial charge in [-0.15, -0.1) is 11.3 Å². The Morgan fingerprint density at radius 3 is 2.61 bits per heavy atom. The number of methoxy groups -OCH3 is 1. The summed E-state index contributed by atoms with van der Waals surface area (Å²) in [6.45, 7) is 2.64. The summed E-state index contributed by atoms with van der Waals surface area (Å²) in [6.07, 6.45) is 1.08. The summed E-state index contributed by atoms with van der Waals surface area (Å²) >= 11 is 7.00. The summed E-state index contributed by atoms with van der Waals surface area (Å²) in [5.74, 6) is 0.314. The highest BCUT2D eigenvalue weighted by Gasteiger charge is 2.24. The van der Waals surface area contributed by atoms with Gasteiger partial charge >= 0.3 is 0 Å². The molecule has 2 N–H and O–H groups in total. The number of ether oxygens (including phenoxy) is 1. The summed E-state index contributed by atoms with van der Waals surface area (Å²) in [4.78, 5) is 12.2. The van der Waals surface area contributed by atoms with Gasteiger partial charge in [-0.25, -0.2) is 8.42 Å². The number of nitrogens with two attached hydrogens (primary N) is 1. The summed E-state index contributed by atoms with van der Waals surface area (Å²) in [7, 11) is -2.08. The van der Waals surface area contributed by atoms with Crippen LogP contribution in [0, 0.1) is 5.92 Å². The van der Waals surface area contributed by atoms with Crippen LogP contribution in [0.5, 0.6) is 5.75 Å². The number of thiophene rings is 1. The first-order chi connectivity index (χ1) is 17.2. The van der Waals surface area contributed by atoms with Crippen molar-refractivity contribution in [2.75, 3.05) is 13.7 Å². The van der Waals surface area contributed by atoms with Crippen LogP contribution in [0.2, 0.25) is 4.34 Å². The Morgan fingerprint density at radius 1 is 1.17 bits per heavy atom. The molecule has 4 rings (SSSR count). The van der Waals surface area contributed by atoms with Gasteiger partial charge in [0.1, 0.15) is 21.5 Å². The van der Waals surface area contributed by atoms with Crippen molar-refractivity contribution in [1.82, 2.24) is 9.78 Å². The highest BCUT2D eigenvalue weighted by Crippen LogP contribution is 2.33. The number of carbonyl (C=O) groups is 1. The molecule has 10 heteroatoms. The molecular formula is C26H28ClN3O4S2. The van der Waals surface area contributed by atoms with Crippen molar-refractivity contribution in [3.8, 4) is 5.75 Å². The van der Waals surface area contributed by atoms with Crippen molar-refractivity contribution >= 4 is 49.5 Å². The Kier molecular flexibility index (Phi) is 8.14. The molecule has 2 aromatic heterocycles. The van der Waals surface area contributed by atoms with Crippen LogP contribution < -0.4 is 10.5 Å². The molecule has 7 nitrogen and oxygen atoms in total. The maximum atomic E-state index is 13.1. The molecule has 0 fully saturated rings. The number of sulfone groups is 1. The van der Waals surface area contributed by atoms with Crippen molar-refractivity contribution in [3.05, 3.63) is 75.8 Å². The fraction of sp³-hybridized carbons (Fsp3) is 0.308. The zero-order valence-electron chi connectivity index (χ0n) is 20.1. The zero-order chi connectivity index (χ0) is 25.9. The van der Waals surface area contributed by atoms with Crippen molar-refractivity contribution in [2.24, 2.45) is 11.7 Å². The number of aryl methyl sites for hydroxylation is 1. The van der Waals surface area contributed by atoms with Crippen LogP contribution in [-0.4, -0.2) is 37.6 Å². The highest BCUT2D eigenvalue weighted by molar-refractivity contribution is 7.92. The molecule has 36 heavy (non-hydrogen) atoms. The SMILES string of the molecule is COc1cccc2c1c(CS(=O)(=O)c1ccc(Cl)s1)nn2Cc1cccc(CCC(=O)C(C)CN)c1. The fourth-order valence-electron chi connectivity index (χ4n) is 4.08. The lowest BCUT2D eigenvalue weighted by atomic mass is 9.99. The maximum Gasteiger partial charge on any atom is 0.193 e. The number of nitrogens with zero attached hydrogens (tertiary/aromatic N) is 2. The van der Waals surface area contributed by atoms with E-state index in [2.05, 4.69) is 6.07 Å². The predicted octanol–water partition coefficient (Wildman–Crippen LogP) is 4.88. The van der Waals surface area contributed by atoms with Crippen LogP contribution in [0.25, 0.3) is 10.9 Å². The molecule has 2 aromatic carbocycles. The average molecular weight is 546 g/mol. The van der Waals surface area contributed by atoms with Gasteiger partial charge in [0.25, 0.3) is 0 Å². The Bertz CT molecular complexity index is 1490. The predicted molar refractivity (Wildman–Crippen MR) is 144 cm³/mol. The standard InChI is InChI=1S/C26H28ClN3O4S2/c1-17(14-28)22(31)10-9-18-5-3-6-19(13-18)15-30-21-7-4-8-23(34-2)26(21)20(29-30)16-36(32,33)25-12-11-24(27)35-25/h3-8,11-13,17H,9-10,14-16,28H2,1-2H3. The molecule has 1 atom stereocenters. The first-order valence-electron chi connectivity index (χ1n) is 11.5. The Hall–Kier alpha value is -2.72. The third-order valence-electron chi connectivity index (χ3n) is 6.10. The number of halogens is 1. The first kappa shape index (κ1) is 26.3. The lowest BCUT2D eigenvalue weighted by Gasteiger charge is -2.09. The van der Waals surface area contributed by atoms with Crippen molar-refractivity contribution in [1.29, 1.82) is 0 Å². The Balaban J connectivity index is 1.64. The molecule has 190 valence electrons. The average Bonchev–Trinajstić information content (AvgIpc) is 3.46. The van der Waals surface area contributed by atoms with E-state index in [0.717, 1.165) is 28.0 Å². The van der Waals surface area contributed by atoms with Gasteiger partial charge in [0.15, 0.2) is 9.84 Å². The Morgan fingerprint density at radius 2 is 1.92 bits per heavy atom. The van der Waals surface area contributed by atoms with Gasteiger partial charge in [-0.2, -0.15) is 5.10 Å². The number of aromatic nitrogens is 2. The van der Waals surface area contributed by atoms with Crippen LogP contribution in [0.1, 0.15) is 30.2 Å². The second kappa shape index (κ2) is 11.1. The number of rotatable bonds is 11. The molecule has 0 radical (unpaired) electrons. The molecule has 0 aliphatic rings. The normalized spacial score (nSPS) is 12.7. The van der Waals surface area contributed by atoms with Crippen LogP contribution in [0.15, 0.2) is 58.8 Å². The van der Waals surface area contributed by atoms with E-state index < -0.39 is 9.84 Å². The van der Waals surface area contributed by atoms with Gasteiger partial charge in [-0.1, -0.05) is 48.9 Å². The van der Waals surface area contributed by atoms with Crippen molar-refractivity contribution < 1.29 is 17.9 Å². The van der Waals surface area contributed by atoms with E-state index in [1.165, 1.54) is 6.07 Å². The van der Waals surface area contributed by atoms with Gasteiger partial charge in [0.2, 0.25) is 0 Å². The number of ketones is 1. The van der Waals surface area contributed by atoms with E-state index >= 15 is 0 Å². The van der Waals surface area contributed by atoms with E-state index in [9.17, 15) is 13.2 Å². The topological polar surface area (TPSA) is 104 Å². The van der Waals surface area contributed by atoms with Crippen molar-refractivity contribution in [3.63, 3.8) is 0 Å². The number of fused-ring (bicyclic) bond motifs is 1. The van der Waals surface area contributed by atoms with Crippen LogP contribution in [-0.2, 0) is 33.4 Å². The minimum atomic E-state index is -3.64. The number of hydrogen-bond donors (Lipinski definition) is 1. The molecule has 0 amide bonds. The number of Topliss-reactive ketones (excluding diaryl/α,β-unsaturated/α-hetero) is 1. The molecule has 0 saturated heterocycles. The zero-order valence-corrected chi connectivity index (χ0v) is 22.5. The molecule has 0 bridgehead atoms. The molecule has 4 aromatic rings. The van der Waals surface area contributed by atoms with E-state index in [-0.39, 0.29) is 21.7 Å². The van der Waals surface area contributed by atoms with Crippen LogP contribution >= 0.6 is 22.9 Å². The van der Waals surface area contributed by atoms with Gasteiger partial charge in [0.05, 0.1) is 34.6 Å². The van der Waals surface area contributed by atoms with Crippen LogP contribution in [0.4, 0.5) is 0 Å². The highest BCUT2D eigenvalue weighted by atomic mass is 35.5. The molecule has 0 aliphatic carbocycles. The van der Waals surface area contributed by atoms with E-state index in [1.54, 1.807) is 23.9 Å². The molecule has 0 aliphatic heterocycles. The smallest absolute Gasteiger partial charge is 0.193 e. The minimum Gasteiger partial charge on any atom is -0.496 e. The Labute approximate surface area is 219 Å². The summed E-state index contributed by atoms with van der Waals surface area (Å²) < 4.78 is 34.2. The quantitative estimate of drug-likeness (QED) is 0.288. The van der Waals surface area contributed by atoms with Gasteiger partial charge in [-0.05, 0) is 41.8 Å². The van der Waals surface area contributed by atoms with E-state index in [0.29, 0.717) is 47.1 Å². The third-order valence-corrected chi connectivity index (χ3v) is 9.54. The summed E-state index contributed by atoms with van der Waals surface area (Å²) in [5, 5.41) is 5.38. The minimum absolute atomic E-state index is 0.140. The molecule has 0 saturated carbocycles. The van der Waals surface area contributed by atoms with Crippen LogP contribution in [0.3, 0.4) is 0 Å². The summed E-state index contributed by atoms with van der Waals surface area (Å²) in [6, 6.07) is 16.7. The second-order valence-corrected chi connectivity index (χ2v) is 12.6. The summed E-state index contributed by atoms with van der Waals surface area (Å²) in [5.41, 5.74) is 8.86. The molecular weight excluding hydrogens is 518 g/mol. The lowest BCUT2D eigenvalue weighted by Crippen LogP contribution is -2.20.